The summed E-state index contributed by atoms with van der Waals surface area (Å²) in [5.41, 5.74) is 0. The monoisotopic (exact) mass is 253 g/mol. The average molecular weight is 255 g/mol. The van der Waals surface area contributed by atoms with Gasteiger partial charge >= 0.3 is 0 Å². The van der Waals surface area contributed by atoms with Crippen molar-refractivity contribution in [1.29, 1.82) is 0 Å². The van der Waals surface area contributed by atoms with Crippen LogP contribution in [0.4, 0.5) is 0 Å². The van der Waals surface area contributed by atoms with E-state index in [0.29, 0.717) is 0 Å². The normalized spacial score (nSPS) is 14.2. The van der Waals surface area contributed by atoms with Crippen molar-refractivity contribution in [3.05, 3.63) is 10.7 Å². The number of hydrogen-bond donors (Lipinski definition) is 0. The van der Waals surface area contributed by atoms with E-state index in [1.54, 1.807) is 0 Å². The van der Waals surface area contributed by atoms with Gasteiger partial charge in [-0.25, -0.2) is 4.99 Å². The smallest absolute Gasteiger partial charge is 0.103 e. The molecule has 0 fully saturated rings. The Morgan fingerprint density at radius 3 is 2.44 bits per heavy atom. The second-order valence-corrected chi connectivity index (χ2v) is 3.50. The molecule has 0 radical (unpaired) electrons. The Labute approximate surface area is 72.5 Å². The third-order valence-corrected chi connectivity index (χ3v) is 1.31. The molecule has 3 heteroatoms. The molecule has 0 aliphatic carbocycles. The zero-order valence-electron chi connectivity index (χ0n) is 5.49. The molecule has 0 aliphatic heterocycles. The van der Waals surface area contributed by atoms with Crippen LogP contribution in [-0.2, 0) is 0 Å². The summed E-state index contributed by atoms with van der Waals surface area (Å²) in [7, 11) is 0. The molecule has 0 aliphatic rings. The molecule has 0 spiro atoms. The van der Waals surface area contributed by atoms with Gasteiger partial charge < -0.3 is 0 Å². The first kappa shape index (κ1) is 9.37. The van der Waals surface area contributed by atoms with E-state index in [1.165, 1.54) is 0 Å². The van der Waals surface area contributed by atoms with E-state index in [2.05, 4.69) is 43.8 Å². The van der Waals surface area contributed by atoms with Gasteiger partial charge in [0.1, 0.15) is 4.61 Å². The maximum atomic E-state index is 4.08. The second kappa shape index (κ2) is 5.18. The molecule has 0 saturated heterocycles. The van der Waals surface area contributed by atoms with E-state index in [0.717, 1.165) is 15.6 Å². The van der Waals surface area contributed by atoms with Gasteiger partial charge in [0.2, 0.25) is 0 Å². The molecule has 9 heavy (non-hydrogen) atoms. The van der Waals surface area contributed by atoms with Crippen LogP contribution in [0.3, 0.4) is 0 Å². The highest BCUT2D eigenvalue weighted by Crippen LogP contribution is 2.09. The lowest BCUT2D eigenvalue weighted by molar-refractivity contribution is 1.21. The molecule has 0 aromatic heterocycles. The van der Waals surface area contributed by atoms with Gasteiger partial charge in [-0.1, -0.05) is 13.0 Å². The summed E-state index contributed by atoms with van der Waals surface area (Å²) in [4.78, 5) is 4.08. The molecule has 0 amide bonds. The number of nitrogens with zero attached hydrogens (tertiary/aromatic N) is 1. The maximum Gasteiger partial charge on any atom is 0.103 e. The van der Waals surface area contributed by atoms with E-state index in [9.17, 15) is 0 Å². The van der Waals surface area contributed by atoms with Crippen LogP contribution in [0.2, 0.25) is 0 Å². The SMILES string of the molecule is CC/C=C(/Br)N=C(C)Br. The minimum atomic E-state index is 0.888. The average Bonchev–Trinajstić information content (AvgIpc) is 1.63. The highest BCUT2D eigenvalue weighted by atomic mass is 79.9. The van der Waals surface area contributed by atoms with Crippen LogP contribution in [0.25, 0.3) is 0 Å². The number of rotatable bonds is 2. The van der Waals surface area contributed by atoms with Crippen molar-refractivity contribution in [2.45, 2.75) is 20.3 Å². The van der Waals surface area contributed by atoms with Gasteiger partial charge in [-0.3, -0.25) is 0 Å². The first-order chi connectivity index (χ1) is 4.16. The molecular weight excluding hydrogens is 246 g/mol. The van der Waals surface area contributed by atoms with Crippen LogP contribution in [0, 0.1) is 0 Å². The molecule has 0 N–H and O–H groups in total. The summed E-state index contributed by atoms with van der Waals surface area (Å²) < 4.78 is 1.78. The Hall–Kier alpha value is 0.370. The lowest BCUT2D eigenvalue weighted by Crippen LogP contribution is -1.72. The minimum absolute atomic E-state index is 0.888. The number of halogens is 2. The second-order valence-electron chi connectivity index (χ2n) is 1.54. The molecule has 0 bridgehead atoms. The van der Waals surface area contributed by atoms with E-state index in [1.807, 2.05) is 13.0 Å². The predicted octanol–water partition coefficient (Wildman–Crippen LogP) is 3.45. The highest BCUT2D eigenvalue weighted by molar-refractivity contribution is 9.18. The van der Waals surface area contributed by atoms with E-state index < -0.39 is 0 Å². The van der Waals surface area contributed by atoms with Gasteiger partial charge in [0.15, 0.2) is 0 Å². The van der Waals surface area contributed by atoms with Crippen LogP contribution in [0.1, 0.15) is 20.3 Å². The molecule has 52 valence electrons. The van der Waals surface area contributed by atoms with Crippen molar-refractivity contribution in [2.24, 2.45) is 4.99 Å². The van der Waals surface area contributed by atoms with Crippen molar-refractivity contribution >= 4 is 36.5 Å². The molecule has 1 nitrogen and oxygen atoms in total. The van der Waals surface area contributed by atoms with Gasteiger partial charge in [-0.05, 0) is 45.2 Å². The van der Waals surface area contributed by atoms with E-state index in [4.69, 9.17) is 0 Å². The van der Waals surface area contributed by atoms with Crippen LogP contribution in [0.5, 0.6) is 0 Å². The van der Waals surface area contributed by atoms with Crippen molar-refractivity contribution in [1.82, 2.24) is 0 Å². The molecule has 0 saturated carbocycles. The maximum absolute atomic E-state index is 4.08. The highest BCUT2D eigenvalue weighted by Gasteiger charge is 1.84. The first-order valence-electron chi connectivity index (χ1n) is 2.73. The fraction of sp³-hybridized carbons (Fsp3) is 0.500. The van der Waals surface area contributed by atoms with Crippen LogP contribution in [-0.4, -0.2) is 4.62 Å². The first-order valence-corrected chi connectivity index (χ1v) is 4.32. The molecule has 0 rings (SSSR count). The molecular formula is C6H9Br2N. The Kier molecular flexibility index (Phi) is 5.39. The summed E-state index contributed by atoms with van der Waals surface area (Å²) in [5, 5.41) is 0. The molecule has 0 atom stereocenters. The zero-order valence-corrected chi connectivity index (χ0v) is 8.66. The Morgan fingerprint density at radius 1 is 1.56 bits per heavy atom. The van der Waals surface area contributed by atoms with Gasteiger partial charge in [-0.2, -0.15) is 0 Å². The lowest BCUT2D eigenvalue weighted by Gasteiger charge is -1.87. The molecule has 0 heterocycles. The lowest BCUT2D eigenvalue weighted by atomic mass is 10.5. The molecule has 0 aromatic carbocycles. The fourth-order valence-electron chi connectivity index (χ4n) is 0.361. The van der Waals surface area contributed by atoms with Gasteiger partial charge in [-0.15, -0.1) is 0 Å². The summed E-state index contributed by atoms with van der Waals surface area (Å²) in [6, 6.07) is 0. The van der Waals surface area contributed by atoms with E-state index >= 15 is 0 Å². The molecule has 0 aromatic rings. The van der Waals surface area contributed by atoms with Crippen LogP contribution in [0.15, 0.2) is 15.7 Å². The largest absolute Gasteiger partial charge is 0.239 e. The summed E-state index contributed by atoms with van der Waals surface area (Å²) in [5.74, 6) is 0. The van der Waals surface area contributed by atoms with Crippen LogP contribution >= 0.6 is 31.9 Å². The van der Waals surface area contributed by atoms with Crippen molar-refractivity contribution < 1.29 is 0 Å². The number of aliphatic imine (C=N–C) groups is 1. The minimum Gasteiger partial charge on any atom is -0.239 e. The zero-order chi connectivity index (χ0) is 7.28. The van der Waals surface area contributed by atoms with Crippen molar-refractivity contribution in [2.75, 3.05) is 0 Å². The van der Waals surface area contributed by atoms with E-state index in [-0.39, 0.29) is 0 Å². The summed E-state index contributed by atoms with van der Waals surface area (Å²) in [6.45, 7) is 3.96. The van der Waals surface area contributed by atoms with Gasteiger partial charge in [0, 0.05) is 0 Å². The predicted molar refractivity (Wildman–Crippen MR) is 49.3 cm³/mol. The molecule has 0 unspecified atom stereocenters. The summed E-state index contributed by atoms with van der Waals surface area (Å²) >= 11 is 6.51. The summed E-state index contributed by atoms with van der Waals surface area (Å²) in [6.07, 6.45) is 3.01. The van der Waals surface area contributed by atoms with Crippen molar-refractivity contribution in [3.8, 4) is 0 Å². The number of allylic oxidation sites excluding steroid dienone is 1. The Balaban J connectivity index is 3.90. The third kappa shape index (κ3) is 6.25. The fourth-order valence-corrected chi connectivity index (χ4v) is 1.38. The van der Waals surface area contributed by atoms with Gasteiger partial charge in [0.05, 0.1) is 4.62 Å². The standard InChI is InChI=1S/C6H9Br2N/c1-3-4-6(8)9-5(2)7/h4H,3H2,1-2H3/b6-4-,9-5?. The topological polar surface area (TPSA) is 12.4 Å². The Bertz CT molecular complexity index is 134. The Morgan fingerprint density at radius 2 is 2.11 bits per heavy atom. The van der Waals surface area contributed by atoms with Crippen LogP contribution < -0.4 is 0 Å². The number of hydrogen-bond acceptors (Lipinski definition) is 1. The third-order valence-electron chi connectivity index (χ3n) is 0.633. The van der Waals surface area contributed by atoms with Gasteiger partial charge in [0.25, 0.3) is 0 Å². The van der Waals surface area contributed by atoms with Crippen molar-refractivity contribution in [3.63, 3.8) is 0 Å². The quantitative estimate of drug-likeness (QED) is 0.529.